The highest BCUT2D eigenvalue weighted by atomic mass is 16.4. The lowest BCUT2D eigenvalue weighted by Gasteiger charge is -1.92. The number of Topliss-reactive ketones (excluding diaryl/α,β-unsaturated/α-hetero) is 1. The van der Waals surface area contributed by atoms with Gasteiger partial charge in [-0.3, -0.25) is 4.79 Å². The van der Waals surface area contributed by atoms with E-state index >= 15 is 0 Å². The molecule has 0 bridgehead atoms. The zero-order valence-electron chi connectivity index (χ0n) is 5.85. The summed E-state index contributed by atoms with van der Waals surface area (Å²) in [6, 6.07) is 0. The zero-order chi connectivity index (χ0) is 8.15. The molecular formula is C7H9O3. The number of allylic oxidation sites excluding steroid dienone is 1. The molecule has 3 heteroatoms. The summed E-state index contributed by atoms with van der Waals surface area (Å²) < 4.78 is 0. The third-order valence-electron chi connectivity index (χ3n) is 1.03. The minimum absolute atomic E-state index is 0.00231. The van der Waals surface area contributed by atoms with E-state index in [1.54, 1.807) is 6.92 Å². The van der Waals surface area contributed by atoms with E-state index in [0.717, 1.165) is 0 Å². The van der Waals surface area contributed by atoms with Gasteiger partial charge in [-0.15, -0.1) is 0 Å². The summed E-state index contributed by atoms with van der Waals surface area (Å²) in [5.74, 6) is -1.42. The van der Waals surface area contributed by atoms with Crippen molar-refractivity contribution in [2.24, 2.45) is 0 Å². The van der Waals surface area contributed by atoms with Gasteiger partial charge < -0.3 is 0 Å². The van der Waals surface area contributed by atoms with Gasteiger partial charge in [0.2, 0.25) is 0 Å². The van der Waals surface area contributed by atoms with Gasteiger partial charge in [0, 0.05) is 6.42 Å². The van der Waals surface area contributed by atoms with E-state index in [1.165, 1.54) is 0 Å². The van der Waals surface area contributed by atoms with Crippen molar-refractivity contribution in [2.75, 3.05) is 0 Å². The van der Waals surface area contributed by atoms with Crippen molar-refractivity contribution < 1.29 is 14.7 Å². The van der Waals surface area contributed by atoms with Crippen molar-refractivity contribution in [3.05, 3.63) is 12.2 Å². The molecule has 0 aromatic heterocycles. The van der Waals surface area contributed by atoms with Crippen molar-refractivity contribution in [3.8, 4) is 0 Å². The van der Waals surface area contributed by atoms with Crippen LogP contribution in [0.1, 0.15) is 19.8 Å². The molecule has 0 spiro atoms. The SMILES string of the molecule is C=C(C)C(=O)CCC([O])=O. The third kappa shape index (κ3) is 3.83. The highest BCUT2D eigenvalue weighted by Crippen LogP contribution is 1.98. The van der Waals surface area contributed by atoms with Crippen molar-refractivity contribution in [1.29, 1.82) is 0 Å². The van der Waals surface area contributed by atoms with Gasteiger partial charge >= 0.3 is 5.97 Å². The topological polar surface area (TPSA) is 54.0 Å². The van der Waals surface area contributed by atoms with E-state index in [0.29, 0.717) is 5.57 Å². The minimum atomic E-state index is -1.20. The molecule has 0 heterocycles. The molecular weight excluding hydrogens is 132 g/mol. The number of hydrogen-bond donors (Lipinski definition) is 0. The predicted molar refractivity (Wildman–Crippen MR) is 34.7 cm³/mol. The quantitative estimate of drug-likeness (QED) is 0.545. The van der Waals surface area contributed by atoms with Crippen LogP contribution in [0, 0.1) is 0 Å². The second-order valence-corrected chi connectivity index (χ2v) is 2.08. The van der Waals surface area contributed by atoms with E-state index in [2.05, 4.69) is 6.58 Å². The summed E-state index contributed by atoms with van der Waals surface area (Å²) >= 11 is 0. The number of rotatable bonds is 4. The van der Waals surface area contributed by atoms with E-state index in [4.69, 9.17) is 0 Å². The Kier molecular flexibility index (Phi) is 3.39. The highest BCUT2D eigenvalue weighted by molar-refractivity contribution is 5.95. The Labute approximate surface area is 59.4 Å². The average molecular weight is 141 g/mol. The molecule has 0 aromatic carbocycles. The summed E-state index contributed by atoms with van der Waals surface area (Å²) in [6.45, 7) is 4.92. The molecule has 1 radical (unpaired) electrons. The molecule has 0 aromatic rings. The first-order valence-corrected chi connectivity index (χ1v) is 2.92. The first-order valence-electron chi connectivity index (χ1n) is 2.92. The largest absolute Gasteiger partial charge is 0.356 e. The van der Waals surface area contributed by atoms with E-state index in [-0.39, 0.29) is 18.6 Å². The molecule has 0 rings (SSSR count). The molecule has 0 saturated carbocycles. The molecule has 55 valence electrons. The van der Waals surface area contributed by atoms with Crippen molar-refractivity contribution in [1.82, 2.24) is 0 Å². The number of ketones is 1. The molecule has 0 amide bonds. The van der Waals surface area contributed by atoms with Gasteiger partial charge in [-0.1, -0.05) is 6.58 Å². The maximum absolute atomic E-state index is 10.7. The average Bonchev–Trinajstić information content (AvgIpc) is 1.82. The molecule has 3 nitrogen and oxygen atoms in total. The van der Waals surface area contributed by atoms with Crippen LogP contribution in [0.25, 0.3) is 0 Å². The van der Waals surface area contributed by atoms with Crippen molar-refractivity contribution in [3.63, 3.8) is 0 Å². The molecule has 0 saturated heterocycles. The summed E-state index contributed by atoms with van der Waals surface area (Å²) in [6.07, 6.45) is -0.219. The first kappa shape index (κ1) is 8.88. The first-order chi connectivity index (χ1) is 4.54. The fourth-order valence-corrected chi connectivity index (χ4v) is 0.429. The normalized spacial score (nSPS) is 8.90. The van der Waals surface area contributed by atoms with Crippen LogP contribution in [0.5, 0.6) is 0 Å². The number of carbonyl (C=O) groups excluding carboxylic acids is 2. The van der Waals surface area contributed by atoms with E-state index in [9.17, 15) is 14.7 Å². The van der Waals surface area contributed by atoms with Crippen LogP contribution in [-0.2, 0) is 14.7 Å². The van der Waals surface area contributed by atoms with Gasteiger partial charge in [0.1, 0.15) is 0 Å². The van der Waals surface area contributed by atoms with E-state index < -0.39 is 5.97 Å². The Hall–Kier alpha value is -1.12. The second kappa shape index (κ2) is 3.82. The predicted octanol–water partition coefficient (Wildman–Crippen LogP) is 0.869. The lowest BCUT2D eigenvalue weighted by atomic mass is 10.1. The number of carbonyl (C=O) groups is 2. The van der Waals surface area contributed by atoms with Crippen LogP contribution >= 0.6 is 0 Å². The monoisotopic (exact) mass is 141 g/mol. The van der Waals surface area contributed by atoms with Crippen LogP contribution in [0.15, 0.2) is 12.2 Å². The molecule has 0 fully saturated rings. The van der Waals surface area contributed by atoms with Crippen LogP contribution < -0.4 is 0 Å². The molecule has 0 unspecified atom stereocenters. The second-order valence-electron chi connectivity index (χ2n) is 2.08. The molecule has 0 N–H and O–H groups in total. The Morgan fingerprint density at radius 2 is 1.80 bits per heavy atom. The van der Waals surface area contributed by atoms with Gasteiger partial charge in [-0.05, 0) is 12.5 Å². The fraction of sp³-hybridized carbons (Fsp3) is 0.429. The zero-order valence-corrected chi connectivity index (χ0v) is 5.85. The third-order valence-corrected chi connectivity index (χ3v) is 1.03. The van der Waals surface area contributed by atoms with Gasteiger partial charge in [0.15, 0.2) is 5.78 Å². The Balaban J connectivity index is 3.60. The highest BCUT2D eigenvalue weighted by Gasteiger charge is 2.06. The van der Waals surface area contributed by atoms with Crippen molar-refractivity contribution in [2.45, 2.75) is 19.8 Å². The Morgan fingerprint density at radius 1 is 1.30 bits per heavy atom. The summed E-state index contributed by atoms with van der Waals surface area (Å²) in [4.78, 5) is 20.5. The minimum Gasteiger partial charge on any atom is -0.295 e. The van der Waals surface area contributed by atoms with Gasteiger partial charge in [-0.2, -0.15) is 0 Å². The van der Waals surface area contributed by atoms with E-state index in [1.807, 2.05) is 0 Å². The smallest absolute Gasteiger partial charge is 0.295 e. The summed E-state index contributed by atoms with van der Waals surface area (Å²) in [5, 5.41) is 9.83. The molecule has 0 aliphatic heterocycles. The molecule has 0 atom stereocenters. The number of hydrogen-bond acceptors (Lipinski definition) is 2. The summed E-state index contributed by atoms with van der Waals surface area (Å²) in [7, 11) is 0. The van der Waals surface area contributed by atoms with Crippen molar-refractivity contribution >= 4 is 11.8 Å². The maximum atomic E-state index is 10.7. The van der Waals surface area contributed by atoms with Gasteiger partial charge in [-0.25, -0.2) is 9.90 Å². The standard InChI is InChI=1S/C7H9O3/c1-5(2)6(8)3-4-7(9)10/h1,3-4H2,2H3. The van der Waals surface area contributed by atoms with Gasteiger partial charge in [0.25, 0.3) is 0 Å². The molecule has 0 aliphatic carbocycles. The fourth-order valence-electron chi connectivity index (χ4n) is 0.429. The van der Waals surface area contributed by atoms with Gasteiger partial charge in [0.05, 0.1) is 6.42 Å². The van der Waals surface area contributed by atoms with Crippen LogP contribution in [-0.4, -0.2) is 11.8 Å². The lowest BCUT2D eigenvalue weighted by molar-refractivity contribution is -0.144. The molecule has 0 aliphatic rings. The van der Waals surface area contributed by atoms with Crippen LogP contribution in [0.3, 0.4) is 0 Å². The van der Waals surface area contributed by atoms with Crippen LogP contribution in [0.4, 0.5) is 0 Å². The Bertz CT molecular complexity index is 170. The maximum Gasteiger partial charge on any atom is 0.356 e. The lowest BCUT2D eigenvalue weighted by Crippen LogP contribution is -2.02. The molecule has 10 heavy (non-hydrogen) atoms. The van der Waals surface area contributed by atoms with Crippen LogP contribution in [0.2, 0.25) is 0 Å². The summed E-state index contributed by atoms with van der Waals surface area (Å²) in [5.41, 5.74) is 0.390. The Morgan fingerprint density at radius 3 is 2.10 bits per heavy atom.